The van der Waals surface area contributed by atoms with Gasteiger partial charge < -0.3 is 10.3 Å². The van der Waals surface area contributed by atoms with Crippen LogP contribution in [0.4, 0.5) is 5.69 Å². The minimum atomic E-state index is 0.527. The van der Waals surface area contributed by atoms with Gasteiger partial charge in [0.1, 0.15) is 0 Å². The van der Waals surface area contributed by atoms with E-state index in [0.29, 0.717) is 17.6 Å². The summed E-state index contributed by atoms with van der Waals surface area (Å²) in [6.07, 6.45) is 0.840. The van der Waals surface area contributed by atoms with Crippen molar-refractivity contribution >= 4 is 33.4 Å². The zero-order valence-corrected chi connectivity index (χ0v) is 13.3. The molecular weight excluding hydrogens is 326 g/mol. The molecule has 1 aromatic heterocycles. The van der Waals surface area contributed by atoms with Crippen molar-refractivity contribution in [1.29, 1.82) is 0 Å². The molecule has 0 spiro atoms. The number of nitrogens with two attached hydrogens (primary N) is 1. The van der Waals surface area contributed by atoms with Gasteiger partial charge in [0.25, 0.3) is 0 Å². The lowest BCUT2D eigenvalue weighted by Crippen LogP contribution is -1.96. The van der Waals surface area contributed by atoms with Gasteiger partial charge in [0.2, 0.25) is 5.89 Å². The number of halogens is 1. The second-order valence-corrected chi connectivity index (χ2v) is 6.61. The van der Waals surface area contributed by atoms with Gasteiger partial charge in [-0.2, -0.15) is 4.98 Å². The van der Waals surface area contributed by atoms with Gasteiger partial charge in [-0.25, -0.2) is 0 Å². The molecule has 2 N–H and O–H groups in total. The maximum absolute atomic E-state index is 5.92. The molecule has 0 atom stereocenters. The summed E-state index contributed by atoms with van der Waals surface area (Å²) in [6.45, 7) is 4.26. The van der Waals surface area contributed by atoms with Crippen molar-refractivity contribution in [2.45, 2.75) is 30.9 Å². The van der Waals surface area contributed by atoms with Gasteiger partial charge in [-0.05, 0) is 24.1 Å². The number of rotatable bonds is 5. The highest BCUT2D eigenvalue weighted by Gasteiger charge is 2.09. The molecule has 0 aliphatic carbocycles. The normalized spacial score (nSPS) is 11.2. The molecule has 102 valence electrons. The molecule has 2 aromatic rings. The van der Waals surface area contributed by atoms with Crippen molar-refractivity contribution in [3.63, 3.8) is 0 Å². The van der Waals surface area contributed by atoms with Crippen LogP contribution in [0, 0.1) is 5.92 Å². The first-order valence-corrected chi connectivity index (χ1v) is 7.81. The lowest BCUT2D eigenvalue weighted by Gasteiger charge is -2.03. The summed E-state index contributed by atoms with van der Waals surface area (Å²) in [4.78, 5) is 5.38. The molecule has 0 fully saturated rings. The van der Waals surface area contributed by atoms with Crippen LogP contribution in [0.15, 0.2) is 32.1 Å². The third-order valence-corrected chi connectivity index (χ3v) is 3.98. The van der Waals surface area contributed by atoms with Crippen LogP contribution in [-0.4, -0.2) is 10.1 Å². The van der Waals surface area contributed by atoms with Gasteiger partial charge >= 0.3 is 0 Å². The molecule has 0 saturated heterocycles. The highest BCUT2D eigenvalue weighted by Crippen LogP contribution is 2.30. The molecule has 0 aliphatic rings. The molecule has 1 heterocycles. The largest absolute Gasteiger partial charge is 0.398 e. The summed E-state index contributed by atoms with van der Waals surface area (Å²) in [5.41, 5.74) is 6.68. The molecule has 0 aliphatic heterocycles. The lowest BCUT2D eigenvalue weighted by molar-refractivity contribution is 0.382. The number of hydrogen-bond donors (Lipinski definition) is 1. The number of nitrogen functional groups attached to an aromatic ring is 1. The first kappa shape index (κ1) is 14.4. The predicted molar refractivity (Wildman–Crippen MR) is 81.0 cm³/mol. The van der Waals surface area contributed by atoms with E-state index in [4.69, 9.17) is 10.3 Å². The summed E-state index contributed by atoms with van der Waals surface area (Å²) in [5.74, 6) is 2.57. The van der Waals surface area contributed by atoms with E-state index in [-0.39, 0.29) is 0 Å². The van der Waals surface area contributed by atoms with Crippen LogP contribution in [0.25, 0.3) is 0 Å². The molecule has 2 rings (SSSR count). The number of hydrogen-bond acceptors (Lipinski definition) is 5. The van der Waals surface area contributed by atoms with Crippen molar-refractivity contribution < 1.29 is 4.52 Å². The van der Waals surface area contributed by atoms with E-state index in [1.165, 1.54) is 0 Å². The van der Waals surface area contributed by atoms with Crippen LogP contribution in [-0.2, 0) is 12.2 Å². The zero-order chi connectivity index (χ0) is 13.8. The Morgan fingerprint density at radius 1 is 1.42 bits per heavy atom. The van der Waals surface area contributed by atoms with E-state index in [0.717, 1.165) is 27.3 Å². The number of aromatic nitrogens is 2. The number of thioether (sulfide) groups is 1. The number of benzene rings is 1. The fourth-order valence-electron chi connectivity index (χ4n) is 1.57. The van der Waals surface area contributed by atoms with E-state index in [2.05, 4.69) is 39.9 Å². The van der Waals surface area contributed by atoms with Crippen molar-refractivity contribution in [1.82, 2.24) is 10.1 Å². The first-order chi connectivity index (χ1) is 9.04. The molecule has 0 saturated carbocycles. The molecule has 0 radical (unpaired) electrons. The van der Waals surface area contributed by atoms with Gasteiger partial charge in [-0.3, -0.25) is 0 Å². The van der Waals surface area contributed by atoms with Crippen LogP contribution >= 0.6 is 27.7 Å². The van der Waals surface area contributed by atoms with Gasteiger partial charge in [0, 0.05) is 21.5 Å². The van der Waals surface area contributed by atoms with Crippen LogP contribution in [0.1, 0.15) is 25.6 Å². The Morgan fingerprint density at radius 2 is 2.21 bits per heavy atom. The van der Waals surface area contributed by atoms with Gasteiger partial charge in [0.15, 0.2) is 5.82 Å². The van der Waals surface area contributed by atoms with Gasteiger partial charge in [-0.1, -0.05) is 34.9 Å². The Morgan fingerprint density at radius 3 is 2.95 bits per heavy atom. The molecule has 0 amide bonds. The Kier molecular flexibility index (Phi) is 4.87. The van der Waals surface area contributed by atoms with Crippen LogP contribution in [0.3, 0.4) is 0 Å². The summed E-state index contributed by atoms with van der Waals surface area (Å²) in [6, 6.07) is 5.79. The number of anilines is 1. The quantitative estimate of drug-likeness (QED) is 0.659. The molecule has 0 bridgehead atoms. The third-order valence-electron chi connectivity index (χ3n) is 2.43. The molecule has 6 heteroatoms. The Hall–Kier alpha value is -1.01. The highest BCUT2D eigenvalue weighted by atomic mass is 79.9. The Balaban J connectivity index is 1.98. The molecule has 4 nitrogen and oxygen atoms in total. The standard InChI is InChI=1S/C13H16BrN3OS/c1-8(2)5-12-16-13(18-17-12)7-19-11-6-9(14)3-4-10(11)15/h3-4,6,8H,5,7,15H2,1-2H3. The van der Waals surface area contributed by atoms with Crippen molar-refractivity contribution in [3.8, 4) is 0 Å². The fraction of sp³-hybridized carbons (Fsp3) is 0.385. The molecule has 19 heavy (non-hydrogen) atoms. The predicted octanol–water partition coefficient (Wildman–Crippen LogP) is 3.91. The van der Waals surface area contributed by atoms with Gasteiger partial charge in [-0.15, -0.1) is 11.8 Å². The average Bonchev–Trinajstić information content (AvgIpc) is 2.77. The van der Waals surface area contributed by atoms with E-state index in [1.54, 1.807) is 11.8 Å². The monoisotopic (exact) mass is 341 g/mol. The van der Waals surface area contributed by atoms with Crippen LogP contribution < -0.4 is 5.73 Å². The minimum absolute atomic E-state index is 0.527. The first-order valence-electron chi connectivity index (χ1n) is 6.04. The van der Waals surface area contributed by atoms with E-state index in [1.807, 2.05) is 18.2 Å². The van der Waals surface area contributed by atoms with Crippen LogP contribution in [0.5, 0.6) is 0 Å². The van der Waals surface area contributed by atoms with Gasteiger partial charge in [0.05, 0.1) is 5.75 Å². The van der Waals surface area contributed by atoms with E-state index < -0.39 is 0 Å². The summed E-state index contributed by atoms with van der Waals surface area (Å²) in [7, 11) is 0. The summed E-state index contributed by atoms with van der Waals surface area (Å²) < 4.78 is 6.23. The number of nitrogens with zero attached hydrogens (tertiary/aromatic N) is 2. The Bertz CT molecular complexity index is 557. The molecule has 0 unspecified atom stereocenters. The zero-order valence-electron chi connectivity index (χ0n) is 10.9. The summed E-state index contributed by atoms with van der Waals surface area (Å²) >= 11 is 5.03. The fourth-order valence-corrected chi connectivity index (χ4v) is 2.92. The second kappa shape index (κ2) is 6.43. The second-order valence-electron chi connectivity index (χ2n) is 4.67. The van der Waals surface area contributed by atoms with E-state index >= 15 is 0 Å². The maximum atomic E-state index is 5.92. The molecular formula is C13H16BrN3OS. The van der Waals surface area contributed by atoms with Crippen LogP contribution in [0.2, 0.25) is 0 Å². The average molecular weight is 342 g/mol. The summed E-state index contributed by atoms with van der Waals surface area (Å²) in [5, 5.41) is 3.97. The SMILES string of the molecule is CC(C)Cc1noc(CSc2cc(Br)ccc2N)n1. The maximum Gasteiger partial charge on any atom is 0.237 e. The Labute approximate surface area is 125 Å². The minimum Gasteiger partial charge on any atom is -0.398 e. The van der Waals surface area contributed by atoms with Crippen molar-refractivity contribution in [2.24, 2.45) is 5.92 Å². The highest BCUT2D eigenvalue weighted by molar-refractivity contribution is 9.10. The smallest absolute Gasteiger partial charge is 0.237 e. The van der Waals surface area contributed by atoms with Crippen molar-refractivity contribution in [3.05, 3.63) is 34.4 Å². The lowest BCUT2D eigenvalue weighted by atomic mass is 10.1. The third kappa shape index (κ3) is 4.24. The molecule has 1 aromatic carbocycles. The topological polar surface area (TPSA) is 64.9 Å². The van der Waals surface area contributed by atoms with E-state index in [9.17, 15) is 0 Å². The van der Waals surface area contributed by atoms with Crippen molar-refractivity contribution in [2.75, 3.05) is 5.73 Å².